The molecule has 2 fully saturated rings. The summed E-state index contributed by atoms with van der Waals surface area (Å²) in [6, 6.07) is 18.3. The van der Waals surface area contributed by atoms with E-state index in [-0.39, 0.29) is 17.6 Å². The molecule has 8 heteroatoms. The number of carbonyl (C=O) groups excluding carboxylic acids is 3. The van der Waals surface area contributed by atoms with Gasteiger partial charge in [-0.25, -0.2) is 4.90 Å². The van der Waals surface area contributed by atoms with E-state index in [2.05, 4.69) is 22.9 Å². The summed E-state index contributed by atoms with van der Waals surface area (Å²) in [4.78, 5) is 45.3. The standard InChI is InChI=1S/C31H26BrClN2O4/c1-2-3-16-39-23-13-11-22(12-14-23)34-30(37)26-24-15-7-18-6-10-21(33)17-25(18)35(24)28(27(26)31(34)38)29(36)19-4-8-20(32)9-5-19/h4-15,17,24,26-28H,2-3,16H2,1H3/t24-,26+,27+,28-/m1/s1. The molecule has 0 N–H and O–H groups in total. The van der Waals surface area contributed by atoms with E-state index in [9.17, 15) is 14.4 Å². The molecule has 4 atom stereocenters. The number of nitrogens with zero attached hydrogens (tertiary/aromatic N) is 2. The number of amides is 2. The van der Waals surface area contributed by atoms with E-state index >= 15 is 0 Å². The number of fused-ring (bicyclic) bond motifs is 5. The van der Waals surface area contributed by atoms with Crippen molar-refractivity contribution in [3.8, 4) is 5.75 Å². The number of ether oxygens (including phenoxy) is 1. The first kappa shape index (κ1) is 25.8. The van der Waals surface area contributed by atoms with Gasteiger partial charge >= 0.3 is 0 Å². The van der Waals surface area contributed by atoms with Crippen LogP contribution in [0, 0.1) is 11.8 Å². The summed E-state index contributed by atoms with van der Waals surface area (Å²) in [5, 5.41) is 0.523. The first-order valence-corrected chi connectivity index (χ1v) is 14.2. The zero-order chi connectivity index (χ0) is 27.3. The zero-order valence-electron chi connectivity index (χ0n) is 21.2. The molecule has 6 rings (SSSR count). The molecule has 3 aliphatic heterocycles. The molecule has 2 saturated heterocycles. The van der Waals surface area contributed by atoms with Crippen molar-refractivity contribution in [1.29, 1.82) is 0 Å². The molecule has 0 unspecified atom stereocenters. The van der Waals surface area contributed by atoms with Crippen molar-refractivity contribution >= 4 is 62.6 Å². The quantitative estimate of drug-likeness (QED) is 0.174. The lowest BCUT2D eigenvalue weighted by molar-refractivity contribution is -0.122. The van der Waals surface area contributed by atoms with Crippen LogP contribution in [0.25, 0.3) is 6.08 Å². The molecule has 3 heterocycles. The number of unbranched alkanes of at least 4 members (excludes halogenated alkanes) is 1. The van der Waals surface area contributed by atoms with Crippen LogP contribution < -0.4 is 14.5 Å². The van der Waals surface area contributed by atoms with Crippen LogP contribution in [0.15, 0.2) is 77.3 Å². The van der Waals surface area contributed by atoms with Gasteiger partial charge in [0, 0.05) is 20.7 Å². The van der Waals surface area contributed by atoms with Gasteiger partial charge in [0.25, 0.3) is 0 Å². The number of Topliss-reactive ketones (excluding diaryl/α,β-unsaturated/α-hetero) is 1. The lowest BCUT2D eigenvalue weighted by atomic mass is 9.86. The van der Waals surface area contributed by atoms with Crippen LogP contribution in [-0.4, -0.2) is 36.3 Å². The van der Waals surface area contributed by atoms with Gasteiger partial charge in [-0.2, -0.15) is 0 Å². The molecular formula is C31H26BrClN2O4. The first-order valence-electron chi connectivity index (χ1n) is 13.1. The Hall–Kier alpha value is -3.42. The number of halogens is 2. The molecule has 0 saturated carbocycles. The second-order valence-electron chi connectivity index (χ2n) is 10.0. The number of carbonyl (C=O) groups is 3. The molecule has 3 aromatic carbocycles. The number of imide groups is 1. The Labute approximate surface area is 240 Å². The summed E-state index contributed by atoms with van der Waals surface area (Å²) < 4.78 is 6.60. The molecule has 2 amide bonds. The van der Waals surface area contributed by atoms with Gasteiger partial charge in [0.05, 0.1) is 30.2 Å². The SMILES string of the molecule is CCCCOc1ccc(N2C(=O)[C@@H]3[C@H](C2=O)[C@H](C(=O)c2ccc(Br)cc2)N2c4cc(Cl)ccc4C=C[C@H]32)cc1. The topological polar surface area (TPSA) is 66.9 Å². The van der Waals surface area contributed by atoms with E-state index in [0.717, 1.165) is 28.6 Å². The number of hydrogen-bond donors (Lipinski definition) is 0. The number of anilines is 2. The van der Waals surface area contributed by atoms with E-state index in [4.69, 9.17) is 16.3 Å². The average molecular weight is 606 g/mol. The van der Waals surface area contributed by atoms with E-state index in [1.54, 1.807) is 60.7 Å². The maximum absolute atomic E-state index is 14.1. The van der Waals surface area contributed by atoms with Gasteiger partial charge in [-0.3, -0.25) is 14.4 Å². The van der Waals surface area contributed by atoms with Crippen LogP contribution in [0.4, 0.5) is 11.4 Å². The van der Waals surface area contributed by atoms with Crippen molar-refractivity contribution in [3.05, 3.63) is 93.4 Å². The minimum atomic E-state index is -0.860. The fourth-order valence-corrected chi connectivity index (χ4v) is 6.33. The fourth-order valence-electron chi connectivity index (χ4n) is 5.90. The van der Waals surface area contributed by atoms with Gasteiger partial charge in [0.2, 0.25) is 11.8 Å². The highest BCUT2D eigenvalue weighted by molar-refractivity contribution is 9.10. The minimum Gasteiger partial charge on any atom is -0.494 e. The van der Waals surface area contributed by atoms with Crippen molar-refractivity contribution in [2.45, 2.75) is 31.8 Å². The minimum absolute atomic E-state index is 0.205. The van der Waals surface area contributed by atoms with E-state index in [0.29, 0.717) is 28.6 Å². The van der Waals surface area contributed by atoms with Crippen LogP contribution in [0.3, 0.4) is 0 Å². The van der Waals surface area contributed by atoms with Gasteiger partial charge in [-0.1, -0.05) is 71.2 Å². The monoisotopic (exact) mass is 604 g/mol. The molecule has 0 radical (unpaired) electrons. The normalized spacial score (nSPS) is 23.1. The smallest absolute Gasteiger partial charge is 0.240 e. The summed E-state index contributed by atoms with van der Waals surface area (Å²) in [5.74, 6) is -1.74. The van der Waals surface area contributed by atoms with E-state index in [1.165, 1.54) is 4.90 Å². The Morgan fingerprint density at radius 2 is 1.69 bits per heavy atom. The third-order valence-corrected chi connectivity index (χ3v) is 8.49. The van der Waals surface area contributed by atoms with Gasteiger partial charge < -0.3 is 9.64 Å². The van der Waals surface area contributed by atoms with Gasteiger partial charge in [0.15, 0.2) is 5.78 Å². The maximum atomic E-state index is 14.1. The lowest BCUT2D eigenvalue weighted by Crippen LogP contribution is -2.48. The molecule has 0 spiro atoms. The predicted octanol–water partition coefficient (Wildman–Crippen LogP) is 6.55. The number of hydrogen-bond acceptors (Lipinski definition) is 5. The van der Waals surface area contributed by atoms with E-state index < -0.39 is 23.9 Å². The van der Waals surface area contributed by atoms with Gasteiger partial charge in [-0.15, -0.1) is 0 Å². The predicted molar refractivity (Wildman–Crippen MR) is 155 cm³/mol. The van der Waals surface area contributed by atoms with Crippen molar-refractivity contribution in [2.75, 3.05) is 16.4 Å². The third kappa shape index (κ3) is 4.38. The Morgan fingerprint density at radius 1 is 0.974 bits per heavy atom. The van der Waals surface area contributed by atoms with E-state index in [1.807, 2.05) is 23.1 Å². The van der Waals surface area contributed by atoms with Crippen LogP contribution in [-0.2, 0) is 9.59 Å². The average Bonchev–Trinajstić information content (AvgIpc) is 3.42. The lowest BCUT2D eigenvalue weighted by Gasteiger charge is -2.36. The molecule has 3 aliphatic rings. The Kier molecular flexibility index (Phi) is 6.81. The van der Waals surface area contributed by atoms with Crippen molar-refractivity contribution in [3.63, 3.8) is 0 Å². The van der Waals surface area contributed by atoms with Crippen molar-refractivity contribution in [2.24, 2.45) is 11.8 Å². The summed E-state index contributed by atoms with van der Waals surface area (Å²) in [6.45, 7) is 2.70. The molecule has 0 bridgehead atoms. The van der Waals surface area contributed by atoms with Gasteiger partial charge in [0.1, 0.15) is 11.8 Å². The van der Waals surface area contributed by atoms with Crippen molar-refractivity contribution < 1.29 is 19.1 Å². The maximum Gasteiger partial charge on any atom is 0.240 e. The Balaban J connectivity index is 1.40. The molecule has 39 heavy (non-hydrogen) atoms. The fraction of sp³-hybridized carbons (Fsp3) is 0.258. The molecule has 3 aromatic rings. The Bertz CT molecular complexity index is 1490. The highest BCUT2D eigenvalue weighted by atomic mass is 79.9. The van der Waals surface area contributed by atoms with Crippen LogP contribution >= 0.6 is 27.5 Å². The van der Waals surface area contributed by atoms with Gasteiger partial charge in [-0.05, 0) is 60.5 Å². The molecular weight excluding hydrogens is 580 g/mol. The highest BCUT2D eigenvalue weighted by Gasteiger charge is 2.64. The summed E-state index contributed by atoms with van der Waals surface area (Å²) >= 11 is 9.79. The summed E-state index contributed by atoms with van der Waals surface area (Å²) in [5.41, 5.74) is 2.60. The first-order chi connectivity index (χ1) is 18.9. The van der Waals surface area contributed by atoms with Crippen LogP contribution in [0.2, 0.25) is 5.02 Å². The molecule has 6 nitrogen and oxygen atoms in total. The third-order valence-electron chi connectivity index (χ3n) is 7.73. The Morgan fingerprint density at radius 3 is 2.41 bits per heavy atom. The molecule has 198 valence electrons. The zero-order valence-corrected chi connectivity index (χ0v) is 23.6. The second kappa shape index (κ2) is 10.3. The van der Waals surface area contributed by atoms with Crippen molar-refractivity contribution in [1.82, 2.24) is 0 Å². The highest BCUT2D eigenvalue weighted by Crippen LogP contribution is 2.50. The number of ketones is 1. The number of benzene rings is 3. The van der Waals surface area contributed by atoms with Crippen LogP contribution in [0.1, 0.15) is 35.7 Å². The van der Waals surface area contributed by atoms with Crippen LogP contribution in [0.5, 0.6) is 5.75 Å². The molecule has 0 aliphatic carbocycles. The molecule has 0 aromatic heterocycles. The number of rotatable bonds is 7. The summed E-state index contributed by atoms with van der Waals surface area (Å²) in [7, 11) is 0. The largest absolute Gasteiger partial charge is 0.494 e. The summed E-state index contributed by atoms with van der Waals surface area (Å²) in [6.07, 6.45) is 5.85. The second-order valence-corrected chi connectivity index (χ2v) is 11.4.